The van der Waals surface area contributed by atoms with Crippen molar-refractivity contribution in [1.82, 2.24) is 24.6 Å². The molecule has 0 aliphatic heterocycles. The molecule has 1 atom stereocenters. The molecule has 2 aromatic carbocycles. The number of carbonyl (C=O) groups is 1. The first-order valence-corrected chi connectivity index (χ1v) is 9.39. The minimum absolute atomic E-state index is 0.106. The van der Waals surface area contributed by atoms with E-state index in [0.29, 0.717) is 13.1 Å². The molecular formula is C22H27N5O. The molecule has 0 fully saturated rings. The number of hydrogen-bond donors (Lipinski definition) is 0. The van der Waals surface area contributed by atoms with E-state index in [1.807, 2.05) is 26.2 Å². The summed E-state index contributed by atoms with van der Waals surface area (Å²) in [6.07, 6.45) is 3.19. The van der Waals surface area contributed by atoms with E-state index in [1.165, 1.54) is 11.9 Å². The van der Waals surface area contributed by atoms with E-state index in [9.17, 15) is 4.79 Å². The Labute approximate surface area is 166 Å². The first kappa shape index (κ1) is 19.8. The highest BCUT2D eigenvalue weighted by molar-refractivity contribution is 5.78. The van der Waals surface area contributed by atoms with Crippen LogP contribution >= 0.6 is 0 Å². The second-order valence-corrected chi connectivity index (χ2v) is 7.26. The summed E-state index contributed by atoms with van der Waals surface area (Å²) in [7, 11) is 3.83. The Kier molecular flexibility index (Phi) is 6.21. The van der Waals surface area contributed by atoms with Gasteiger partial charge in [-0.3, -0.25) is 9.69 Å². The Bertz CT molecular complexity index is 888. The molecule has 0 saturated heterocycles. The molecule has 0 spiro atoms. The van der Waals surface area contributed by atoms with Gasteiger partial charge in [0, 0.05) is 19.6 Å². The number of aromatic nitrogens is 3. The summed E-state index contributed by atoms with van der Waals surface area (Å²) in [5.74, 6) is 0.106. The number of hydrogen-bond acceptors (Lipinski definition) is 4. The van der Waals surface area contributed by atoms with Crippen LogP contribution in [0.4, 0.5) is 0 Å². The van der Waals surface area contributed by atoms with Crippen molar-refractivity contribution >= 4 is 5.91 Å². The molecule has 0 N–H and O–H groups in total. The maximum atomic E-state index is 12.6. The molecule has 0 bridgehead atoms. The van der Waals surface area contributed by atoms with Crippen molar-refractivity contribution in [3.05, 3.63) is 77.9 Å². The van der Waals surface area contributed by atoms with Crippen LogP contribution in [0.5, 0.6) is 0 Å². The van der Waals surface area contributed by atoms with Crippen molar-refractivity contribution in [2.75, 3.05) is 20.6 Å². The third-order valence-electron chi connectivity index (χ3n) is 5.07. The highest BCUT2D eigenvalue weighted by atomic mass is 16.2. The van der Waals surface area contributed by atoms with Gasteiger partial charge in [-0.1, -0.05) is 42.0 Å². The van der Waals surface area contributed by atoms with E-state index in [4.69, 9.17) is 0 Å². The quantitative estimate of drug-likeness (QED) is 0.634. The summed E-state index contributed by atoms with van der Waals surface area (Å²) in [4.78, 5) is 20.5. The van der Waals surface area contributed by atoms with E-state index >= 15 is 0 Å². The monoisotopic (exact) mass is 377 g/mol. The summed E-state index contributed by atoms with van der Waals surface area (Å²) in [5, 5.41) is 4.14. The molecule has 0 radical (unpaired) electrons. The number of nitrogens with zero attached hydrogens (tertiary/aromatic N) is 5. The Morgan fingerprint density at radius 1 is 1.07 bits per heavy atom. The average Bonchev–Trinajstić information content (AvgIpc) is 3.24. The number of carbonyl (C=O) groups excluding carboxylic acids is 1. The van der Waals surface area contributed by atoms with E-state index in [0.717, 1.165) is 16.8 Å². The highest BCUT2D eigenvalue weighted by Crippen LogP contribution is 2.20. The second kappa shape index (κ2) is 8.80. The van der Waals surface area contributed by atoms with Gasteiger partial charge in [-0.25, -0.2) is 9.67 Å². The molecule has 1 heterocycles. The number of aryl methyl sites for hydroxylation is 1. The number of benzene rings is 2. The van der Waals surface area contributed by atoms with Gasteiger partial charge in [0.05, 0.1) is 12.2 Å². The molecule has 1 unspecified atom stereocenters. The summed E-state index contributed by atoms with van der Waals surface area (Å²) < 4.78 is 1.72. The molecule has 146 valence electrons. The largest absolute Gasteiger partial charge is 0.340 e. The molecule has 6 nitrogen and oxygen atoms in total. The lowest BCUT2D eigenvalue weighted by Crippen LogP contribution is -2.37. The Morgan fingerprint density at radius 2 is 1.75 bits per heavy atom. The van der Waals surface area contributed by atoms with Crippen LogP contribution in [-0.2, 0) is 11.3 Å². The fraction of sp³-hybridized carbons (Fsp3) is 0.318. The fourth-order valence-electron chi connectivity index (χ4n) is 3.03. The van der Waals surface area contributed by atoms with Crippen LogP contribution in [0, 0.1) is 6.92 Å². The van der Waals surface area contributed by atoms with E-state index in [1.54, 1.807) is 15.9 Å². The van der Waals surface area contributed by atoms with Crippen LogP contribution in [0.15, 0.2) is 61.2 Å². The fourth-order valence-corrected chi connectivity index (χ4v) is 3.03. The third-order valence-corrected chi connectivity index (χ3v) is 5.07. The van der Waals surface area contributed by atoms with Crippen molar-refractivity contribution in [1.29, 1.82) is 0 Å². The zero-order valence-electron chi connectivity index (χ0n) is 16.9. The van der Waals surface area contributed by atoms with Crippen molar-refractivity contribution in [3.63, 3.8) is 0 Å². The number of amides is 1. The van der Waals surface area contributed by atoms with Crippen molar-refractivity contribution in [3.8, 4) is 5.69 Å². The lowest BCUT2D eigenvalue weighted by Gasteiger charge is -2.27. The summed E-state index contributed by atoms with van der Waals surface area (Å²) >= 11 is 0. The molecule has 0 aliphatic carbocycles. The van der Waals surface area contributed by atoms with Crippen LogP contribution in [-0.4, -0.2) is 51.1 Å². The third kappa shape index (κ3) is 4.84. The maximum absolute atomic E-state index is 12.6. The highest BCUT2D eigenvalue weighted by Gasteiger charge is 2.17. The van der Waals surface area contributed by atoms with E-state index < -0.39 is 0 Å². The normalized spacial score (nSPS) is 12.2. The standard InChI is InChI=1S/C22H27N5O/c1-17-5-7-19(8-6-17)13-26(4)22(28)14-25(3)18(2)20-9-11-21(12-10-20)27-16-23-15-24-27/h5-12,15-16,18H,13-14H2,1-4H3. The predicted molar refractivity (Wildman–Crippen MR) is 110 cm³/mol. The minimum atomic E-state index is 0.106. The number of rotatable bonds is 7. The van der Waals surface area contributed by atoms with Crippen LogP contribution in [0.25, 0.3) is 5.69 Å². The lowest BCUT2D eigenvalue weighted by atomic mass is 10.1. The zero-order chi connectivity index (χ0) is 20.1. The molecule has 3 aromatic rings. The molecule has 0 saturated carbocycles. The van der Waals surface area contributed by atoms with Gasteiger partial charge in [-0.15, -0.1) is 0 Å². The van der Waals surface area contributed by atoms with Crippen LogP contribution < -0.4 is 0 Å². The maximum Gasteiger partial charge on any atom is 0.236 e. The SMILES string of the molecule is Cc1ccc(CN(C)C(=O)CN(C)C(C)c2ccc(-n3cncn3)cc2)cc1. The summed E-state index contributed by atoms with van der Waals surface area (Å²) in [6.45, 7) is 5.16. The lowest BCUT2D eigenvalue weighted by molar-refractivity contribution is -0.131. The van der Waals surface area contributed by atoms with Crippen LogP contribution in [0.3, 0.4) is 0 Å². The van der Waals surface area contributed by atoms with Crippen molar-refractivity contribution in [2.45, 2.75) is 26.4 Å². The van der Waals surface area contributed by atoms with E-state index in [2.05, 4.69) is 65.2 Å². The first-order chi connectivity index (χ1) is 13.4. The van der Waals surface area contributed by atoms with Crippen LogP contribution in [0.2, 0.25) is 0 Å². The van der Waals surface area contributed by atoms with Gasteiger partial charge in [-0.2, -0.15) is 5.10 Å². The van der Waals surface area contributed by atoms with Gasteiger partial charge in [0.15, 0.2) is 0 Å². The molecule has 1 amide bonds. The average molecular weight is 377 g/mol. The van der Waals surface area contributed by atoms with Gasteiger partial charge in [-0.05, 0) is 44.2 Å². The molecule has 3 rings (SSSR count). The molecular weight excluding hydrogens is 350 g/mol. The molecule has 1 aromatic heterocycles. The molecule has 28 heavy (non-hydrogen) atoms. The Balaban J connectivity index is 1.57. The topological polar surface area (TPSA) is 54.3 Å². The minimum Gasteiger partial charge on any atom is -0.340 e. The predicted octanol–water partition coefficient (Wildman–Crippen LogP) is 3.23. The zero-order valence-corrected chi connectivity index (χ0v) is 16.9. The van der Waals surface area contributed by atoms with Crippen molar-refractivity contribution in [2.24, 2.45) is 0 Å². The van der Waals surface area contributed by atoms with E-state index in [-0.39, 0.29) is 11.9 Å². The Morgan fingerprint density at radius 3 is 2.36 bits per heavy atom. The smallest absolute Gasteiger partial charge is 0.236 e. The van der Waals surface area contributed by atoms with Gasteiger partial charge in [0.25, 0.3) is 0 Å². The van der Waals surface area contributed by atoms with Crippen LogP contribution in [0.1, 0.15) is 29.7 Å². The van der Waals surface area contributed by atoms with Crippen molar-refractivity contribution < 1.29 is 4.79 Å². The molecule has 0 aliphatic rings. The molecule has 6 heteroatoms. The van der Waals surface area contributed by atoms with Gasteiger partial charge in [0.1, 0.15) is 12.7 Å². The Hall–Kier alpha value is -2.99. The summed E-state index contributed by atoms with van der Waals surface area (Å²) in [5.41, 5.74) is 4.48. The summed E-state index contributed by atoms with van der Waals surface area (Å²) in [6, 6.07) is 16.6. The van der Waals surface area contributed by atoms with Gasteiger partial charge < -0.3 is 4.90 Å². The number of likely N-dealkylation sites (N-methyl/N-ethyl adjacent to an activating group) is 2. The van der Waals surface area contributed by atoms with Gasteiger partial charge >= 0.3 is 0 Å². The first-order valence-electron chi connectivity index (χ1n) is 9.39. The second-order valence-electron chi connectivity index (χ2n) is 7.26. The van der Waals surface area contributed by atoms with Gasteiger partial charge in [0.2, 0.25) is 5.91 Å².